The second-order valence-electron chi connectivity index (χ2n) is 4.02. The third-order valence-corrected chi connectivity index (χ3v) is 3.81. The Hall–Kier alpha value is -1.11. The molecule has 0 aromatic heterocycles. The van der Waals surface area contributed by atoms with E-state index in [0.29, 0.717) is 37.9 Å². The molecule has 0 saturated carbocycles. The van der Waals surface area contributed by atoms with E-state index < -0.39 is 0 Å². The number of nitriles is 1. The van der Waals surface area contributed by atoms with E-state index in [0.717, 1.165) is 5.56 Å². The molecule has 0 aliphatic carbocycles. The van der Waals surface area contributed by atoms with Crippen molar-refractivity contribution in [3.63, 3.8) is 0 Å². The molecule has 0 bridgehead atoms. The minimum atomic E-state index is 0.436. The lowest BCUT2D eigenvalue weighted by Crippen LogP contribution is -2.01. The third-order valence-electron chi connectivity index (χ3n) is 2.64. The minimum Gasteiger partial charge on any atom is -0.378 e. The highest BCUT2D eigenvalue weighted by Crippen LogP contribution is 2.34. The van der Waals surface area contributed by atoms with Crippen LogP contribution in [0.4, 0.5) is 5.69 Å². The molecule has 1 N–H and O–H groups in total. The smallest absolute Gasteiger partial charge is 0.0992 e. The summed E-state index contributed by atoms with van der Waals surface area (Å²) in [6.07, 6.45) is 0. The highest BCUT2D eigenvalue weighted by molar-refractivity contribution is 6.41. The predicted octanol–water partition coefficient (Wildman–Crippen LogP) is 5.78. The van der Waals surface area contributed by atoms with Gasteiger partial charge < -0.3 is 5.32 Å². The summed E-state index contributed by atoms with van der Waals surface area (Å²) in [6.45, 7) is 0.436. The van der Waals surface area contributed by atoms with Gasteiger partial charge in [0, 0.05) is 16.6 Å². The van der Waals surface area contributed by atoms with Gasteiger partial charge in [0.2, 0.25) is 0 Å². The number of anilines is 1. The van der Waals surface area contributed by atoms with Crippen LogP contribution in [0.5, 0.6) is 0 Å². The van der Waals surface area contributed by atoms with Crippen molar-refractivity contribution in [2.75, 3.05) is 5.32 Å². The molecule has 0 radical (unpaired) electrons. The van der Waals surface area contributed by atoms with Crippen molar-refractivity contribution in [3.05, 3.63) is 61.5 Å². The molecule has 0 amide bonds. The van der Waals surface area contributed by atoms with Crippen LogP contribution in [-0.2, 0) is 6.54 Å². The Morgan fingerprint density at radius 3 is 2.15 bits per heavy atom. The number of halogens is 4. The molecule has 0 aliphatic heterocycles. The van der Waals surface area contributed by atoms with Gasteiger partial charge in [0.25, 0.3) is 0 Å². The van der Waals surface area contributed by atoms with Crippen molar-refractivity contribution >= 4 is 52.1 Å². The second-order valence-corrected chi connectivity index (χ2v) is 5.67. The normalized spacial score (nSPS) is 10.2. The van der Waals surface area contributed by atoms with Crippen molar-refractivity contribution in [3.8, 4) is 6.07 Å². The highest BCUT2D eigenvalue weighted by atomic mass is 35.5. The van der Waals surface area contributed by atoms with Gasteiger partial charge in [0.05, 0.1) is 27.4 Å². The molecule has 0 heterocycles. The van der Waals surface area contributed by atoms with E-state index >= 15 is 0 Å². The summed E-state index contributed by atoms with van der Waals surface area (Å²) in [5, 5.41) is 13.8. The topological polar surface area (TPSA) is 35.8 Å². The standard InChI is InChI=1S/C14H8Cl4N2/c15-10-4-12(17)14(13(18)5-10)20-7-9-2-1-8(6-19)3-11(9)16/h1-5,20H,7H2. The summed E-state index contributed by atoms with van der Waals surface area (Å²) in [7, 11) is 0. The first-order chi connectivity index (χ1) is 9.51. The third kappa shape index (κ3) is 3.50. The zero-order valence-electron chi connectivity index (χ0n) is 10.1. The van der Waals surface area contributed by atoms with E-state index in [9.17, 15) is 0 Å². The fourth-order valence-corrected chi connectivity index (χ4v) is 2.85. The van der Waals surface area contributed by atoms with Gasteiger partial charge in [0.1, 0.15) is 0 Å². The Kier molecular flexibility index (Phi) is 5.01. The maximum atomic E-state index is 8.79. The summed E-state index contributed by atoms with van der Waals surface area (Å²) < 4.78 is 0. The Morgan fingerprint density at radius 1 is 0.950 bits per heavy atom. The molecule has 2 aromatic rings. The van der Waals surface area contributed by atoms with Crippen LogP contribution in [0.3, 0.4) is 0 Å². The zero-order valence-corrected chi connectivity index (χ0v) is 13.1. The Bertz CT molecular complexity index is 669. The quantitative estimate of drug-likeness (QED) is 0.764. The molecular weight excluding hydrogens is 338 g/mol. The summed E-state index contributed by atoms with van der Waals surface area (Å²) in [5.74, 6) is 0. The maximum absolute atomic E-state index is 8.79. The molecule has 0 spiro atoms. The second kappa shape index (κ2) is 6.56. The maximum Gasteiger partial charge on any atom is 0.0992 e. The molecule has 2 rings (SSSR count). The van der Waals surface area contributed by atoms with Crippen LogP contribution in [0.1, 0.15) is 11.1 Å². The van der Waals surface area contributed by atoms with Gasteiger partial charge in [-0.15, -0.1) is 0 Å². The van der Waals surface area contributed by atoms with Crippen molar-refractivity contribution in [2.24, 2.45) is 0 Å². The average molecular weight is 346 g/mol. The van der Waals surface area contributed by atoms with E-state index in [1.165, 1.54) is 0 Å². The molecule has 2 aromatic carbocycles. The molecule has 0 saturated heterocycles. The lowest BCUT2D eigenvalue weighted by Gasteiger charge is -2.12. The Morgan fingerprint density at radius 2 is 1.60 bits per heavy atom. The van der Waals surface area contributed by atoms with Crippen LogP contribution in [0.25, 0.3) is 0 Å². The SMILES string of the molecule is N#Cc1ccc(CNc2c(Cl)cc(Cl)cc2Cl)c(Cl)c1. The lowest BCUT2D eigenvalue weighted by molar-refractivity contribution is 1.15. The highest BCUT2D eigenvalue weighted by Gasteiger charge is 2.09. The van der Waals surface area contributed by atoms with Crippen molar-refractivity contribution in [1.29, 1.82) is 5.26 Å². The number of hydrogen-bond acceptors (Lipinski definition) is 2. The first kappa shape index (κ1) is 15.3. The number of benzene rings is 2. The molecular formula is C14H8Cl4N2. The summed E-state index contributed by atoms with van der Waals surface area (Å²) in [5.41, 5.74) is 1.95. The molecule has 0 aliphatic rings. The lowest BCUT2D eigenvalue weighted by atomic mass is 10.1. The number of hydrogen-bond donors (Lipinski definition) is 1. The first-order valence-electron chi connectivity index (χ1n) is 5.58. The van der Waals surface area contributed by atoms with Gasteiger partial charge >= 0.3 is 0 Å². The Balaban J connectivity index is 2.20. The number of rotatable bonds is 3. The minimum absolute atomic E-state index is 0.436. The van der Waals surface area contributed by atoms with Gasteiger partial charge in [-0.25, -0.2) is 0 Å². The Labute approximate surface area is 136 Å². The van der Waals surface area contributed by atoms with Gasteiger partial charge in [-0.2, -0.15) is 5.26 Å². The van der Waals surface area contributed by atoms with Gasteiger partial charge in [-0.3, -0.25) is 0 Å². The zero-order chi connectivity index (χ0) is 14.7. The molecule has 0 fully saturated rings. The van der Waals surface area contributed by atoms with Gasteiger partial charge in [-0.1, -0.05) is 52.5 Å². The largest absolute Gasteiger partial charge is 0.378 e. The summed E-state index contributed by atoms with van der Waals surface area (Å²) >= 11 is 24.1. The van der Waals surface area contributed by atoms with Crippen molar-refractivity contribution < 1.29 is 0 Å². The van der Waals surface area contributed by atoms with E-state index in [1.54, 1.807) is 30.3 Å². The average Bonchev–Trinajstić information content (AvgIpc) is 2.39. The molecule has 0 atom stereocenters. The first-order valence-corrected chi connectivity index (χ1v) is 7.09. The number of nitrogens with one attached hydrogen (secondary N) is 1. The predicted molar refractivity (Wildman–Crippen MR) is 85.0 cm³/mol. The summed E-state index contributed by atoms with van der Waals surface area (Å²) in [6, 6.07) is 10.3. The van der Waals surface area contributed by atoms with Gasteiger partial charge in [-0.05, 0) is 29.8 Å². The molecule has 20 heavy (non-hydrogen) atoms. The fraction of sp³-hybridized carbons (Fsp3) is 0.0714. The number of nitrogens with zero attached hydrogens (tertiary/aromatic N) is 1. The molecule has 2 nitrogen and oxygen atoms in total. The molecule has 102 valence electrons. The fourth-order valence-electron chi connectivity index (χ4n) is 1.65. The van der Waals surface area contributed by atoms with Crippen molar-refractivity contribution in [1.82, 2.24) is 0 Å². The monoisotopic (exact) mass is 344 g/mol. The van der Waals surface area contributed by atoms with E-state index in [2.05, 4.69) is 5.32 Å². The van der Waals surface area contributed by atoms with E-state index in [-0.39, 0.29) is 0 Å². The van der Waals surface area contributed by atoms with Gasteiger partial charge in [0.15, 0.2) is 0 Å². The molecule has 6 heteroatoms. The van der Waals surface area contributed by atoms with Crippen LogP contribution < -0.4 is 5.32 Å². The van der Waals surface area contributed by atoms with Crippen LogP contribution in [0.15, 0.2) is 30.3 Å². The summed E-state index contributed by atoms with van der Waals surface area (Å²) in [4.78, 5) is 0. The molecule has 0 unspecified atom stereocenters. The van der Waals surface area contributed by atoms with Crippen LogP contribution in [0.2, 0.25) is 20.1 Å². The van der Waals surface area contributed by atoms with E-state index in [4.69, 9.17) is 51.7 Å². The van der Waals surface area contributed by atoms with Crippen LogP contribution in [0, 0.1) is 11.3 Å². The van der Waals surface area contributed by atoms with Crippen LogP contribution >= 0.6 is 46.4 Å². The van der Waals surface area contributed by atoms with Crippen molar-refractivity contribution in [2.45, 2.75) is 6.54 Å². The van der Waals surface area contributed by atoms with E-state index in [1.807, 2.05) is 6.07 Å². The van der Waals surface area contributed by atoms with Crippen LogP contribution in [-0.4, -0.2) is 0 Å².